The van der Waals surface area contributed by atoms with Crippen molar-refractivity contribution in [3.8, 4) is 11.1 Å². The molecule has 0 radical (unpaired) electrons. The number of rotatable bonds is 8. The number of ether oxygens (including phenoxy) is 1. The lowest BCUT2D eigenvalue weighted by molar-refractivity contribution is 0.0379. The van der Waals surface area contributed by atoms with Crippen molar-refractivity contribution in [3.05, 3.63) is 72.3 Å². The molecule has 4 rings (SSSR count). The molecular formula is C26H31N3O3. The average molecular weight is 434 g/mol. The fourth-order valence-electron chi connectivity index (χ4n) is 4.36. The van der Waals surface area contributed by atoms with E-state index in [9.17, 15) is 4.79 Å². The van der Waals surface area contributed by atoms with E-state index in [1.807, 2.05) is 62.4 Å². The van der Waals surface area contributed by atoms with Gasteiger partial charge in [-0.2, -0.15) is 0 Å². The molecule has 6 heteroatoms. The average Bonchev–Trinajstić information content (AvgIpc) is 3.49. The molecule has 168 valence electrons. The minimum absolute atomic E-state index is 0.200. The number of carbonyl (C=O) groups is 1. The Kier molecular flexibility index (Phi) is 6.90. The van der Waals surface area contributed by atoms with Gasteiger partial charge in [0.2, 0.25) is 0 Å². The van der Waals surface area contributed by atoms with Gasteiger partial charge in [-0.1, -0.05) is 37.3 Å². The summed E-state index contributed by atoms with van der Waals surface area (Å²) in [6.07, 6.45) is 4.31. The standard InChI is InChI=1S/C26H31N3O3/c1-4-28(18-22-11-8-16-31-22)21-13-15-29(17-21)25-24(26(30)32-19(2)3)23(12-14-27-25)20-9-6-5-7-10-20/h5-12,14,16,19,21H,4,13,15,17-18H2,1-3H3/t21-/m1/s1. The highest BCUT2D eigenvalue weighted by molar-refractivity contribution is 6.02. The van der Waals surface area contributed by atoms with Crippen molar-refractivity contribution >= 4 is 11.8 Å². The molecule has 1 atom stereocenters. The Labute approximate surface area is 189 Å². The van der Waals surface area contributed by atoms with Gasteiger partial charge < -0.3 is 14.1 Å². The third-order valence-corrected chi connectivity index (χ3v) is 5.89. The van der Waals surface area contributed by atoms with Crippen LogP contribution in [0, 0.1) is 0 Å². The molecule has 0 bridgehead atoms. The number of anilines is 1. The predicted octanol–water partition coefficient (Wildman–Crippen LogP) is 5.01. The topological polar surface area (TPSA) is 58.8 Å². The van der Waals surface area contributed by atoms with Crippen molar-refractivity contribution < 1.29 is 13.9 Å². The highest BCUT2D eigenvalue weighted by Gasteiger charge is 2.32. The number of benzene rings is 1. The van der Waals surface area contributed by atoms with Crippen LogP contribution < -0.4 is 4.90 Å². The van der Waals surface area contributed by atoms with Crippen molar-refractivity contribution in [1.29, 1.82) is 0 Å². The Hall–Kier alpha value is -3.12. The summed E-state index contributed by atoms with van der Waals surface area (Å²) in [6, 6.07) is 16.2. The molecule has 1 fully saturated rings. The van der Waals surface area contributed by atoms with Crippen LogP contribution in [0.5, 0.6) is 0 Å². The molecule has 1 aromatic carbocycles. The van der Waals surface area contributed by atoms with Crippen LogP contribution in [-0.4, -0.2) is 47.6 Å². The molecule has 0 saturated carbocycles. The second-order valence-corrected chi connectivity index (χ2v) is 8.41. The van der Waals surface area contributed by atoms with Gasteiger partial charge in [-0.3, -0.25) is 4.90 Å². The van der Waals surface area contributed by atoms with Crippen LogP contribution in [0.2, 0.25) is 0 Å². The van der Waals surface area contributed by atoms with Crippen molar-refractivity contribution in [2.24, 2.45) is 0 Å². The lowest BCUT2D eigenvalue weighted by Crippen LogP contribution is -2.37. The van der Waals surface area contributed by atoms with Crippen LogP contribution in [0.3, 0.4) is 0 Å². The van der Waals surface area contributed by atoms with Crippen LogP contribution >= 0.6 is 0 Å². The van der Waals surface area contributed by atoms with E-state index >= 15 is 0 Å². The van der Waals surface area contributed by atoms with E-state index in [4.69, 9.17) is 9.15 Å². The van der Waals surface area contributed by atoms with Gasteiger partial charge in [0, 0.05) is 30.9 Å². The number of furan rings is 1. The van der Waals surface area contributed by atoms with Crippen molar-refractivity contribution in [1.82, 2.24) is 9.88 Å². The smallest absolute Gasteiger partial charge is 0.342 e. The third kappa shape index (κ3) is 4.86. The molecule has 0 N–H and O–H groups in total. The maximum Gasteiger partial charge on any atom is 0.342 e. The van der Waals surface area contributed by atoms with E-state index in [0.717, 1.165) is 49.5 Å². The zero-order chi connectivity index (χ0) is 22.5. The summed E-state index contributed by atoms with van der Waals surface area (Å²) in [7, 11) is 0. The van der Waals surface area contributed by atoms with E-state index in [-0.39, 0.29) is 12.1 Å². The quantitative estimate of drug-likeness (QED) is 0.466. The Morgan fingerprint density at radius 1 is 1.22 bits per heavy atom. The first-order chi connectivity index (χ1) is 15.6. The second kappa shape index (κ2) is 10.0. The summed E-state index contributed by atoms with van der Waals surface area (Å²) in [5.74, 6) is 1.34. The Bertz CT molecular complexity index is 1020. The number of nitrogens with zero attached hydrogens (tertiary/aromatic N) is 3. The van der Waals surface area contributed by atoms with Gasteiger partial charge in [-0.15, -0.1) is 0 Å². The summed E-state index contributed by atoms with van der Waals surface area (Å²) in [5, 5.41) is 0. The number of hydrogen-bond donors (Lipinski definition) is 0. The molecule has 1 aliphatic rings. The fraction of sp³-hybridized carbons (Fsp3) is 0.385. The molecule has 2 aromatic heterocycles. The van der Waals surface area contributed by atoms with Gasteiger partial charge in [0.15, 0.2) is 0 Å². The molecule has 3 heterocycles. The van der Waals surface area contributed by atoms with Crippen molar-refractivity contribution in [3.63, 3.8) is 0 Å². The van der Waals surface area contributed by atoms with Gasteiger partial charge >= 0.3 is 5.97 Å². The van der Waals surface area contributed by atoms with Gasteiger partial charge in [-0.25, -0.2) is 9.78 Å². The highest BCUT2D eigenvalue weighted by atomic mass is 16.5. The largest absolute Gasteiger partial charge is 0.468 e. The summed E-state index contributed by atoms with van der Waals surface area (Å²) in [6.45, 7) is 9.27. The normalized spacial score (nSPS) is 16.2. The minimum Gasteiger partial charge on any atom is -0.468 e. The maximum absolute atomic E-state index is 13.2. The molecule has 0 aliphatic carbocycles. The first kappa shape index (κ1) is 22.1. The van der Waals surface area contributed by atoms with E-state index in [1.165, 1.54) is 0 Å². The van der Waals surface area contributed by atoms with Crippen LogP contribution in [0.1, 0.15) is 43.3 Å². The summed E-state index contributed by atoms with van der Waals surface area (Å²) in [4.78, 5) is 22.5. The Morgan fingerprint density at radius 3 is 2.72 bits per heavy atom. The number of hydrogen-bond acceptors (Lipinski definition) is 6. The number of pyridine rings is 1. The first-order valence-corrected chi connectivity index (χ1v) is 11.3. The number of likely N-dealkylation sites (N-methyl/N-ethyl adjacent to an activating group) is 1. The Balaban J connectivity index is 1.63. The van der Waals surface area contributed by atoms with Gasteiger partial charge in [0.05, 0.1) is 18.9 Å². The van der Waals surface area contributed by atoms with E-state index in [0.29, 0.717) is 17.4 Å². The van der Waals surface area contributed by atoms with Crippen molar-refractivity contribution in [2.45, 2.75) is 45.9 Å². The summed E-state index contributed by atoms with van der Waals surface area (Å²) >= 11 is 0. The second-order valence-electron chi connectivity index (χ2n) is 8.41. The molecule has 6 nitrogen and oxygen atoms in total. The number of aromatic nitrogens is 1. The van der Waals surface area contributed by atoms with Gasteiger partial charge in [0.1, 0.15) is 17.1 Å². The molecular weight excluding hydrogens is 402 g/mol. The van der Waals surface area contributed by atoms with Crippen molar-refractivity contribution in [2.75, 3.05) is 24.5 Å². The minimum atomic E-state index is -0.326. The van der Waals surface area contributed by atoms with Crippen LogP contribution in [0.4, 0.5) is 5.82 Å². The Morgan fingerprint density at radius 2 is 2.03 bits per heavy atom. The highest BCUT2D eigenvalue weighted by Crippen LogP contribution is 2.33. The molecule has 0 spiro atoms. The zero-order valence-corrected chi connectivity index (χ0v) is 19.0. The number of esters is 1. The van der Waals surface area contributed by atoms with E-state index in [1.54, 1.807) is 12.5 Å². The summed E-state index contributed by atoms with van der Waals surface area (Å²) in [5.41, 5.74) is 2.38. The van der Waals surface area contributed by atoms with E-state index in [2.05, 4.69) is 21.7 Å². The fourth-order valence-corrected chi connectivity index (χ4v) is 4.36. The van der Waals surface area contributed by atoms with Crippen LogP contribution in [0.25, 0.3) is 11.1 Å². The summed E-state index contributed by atoms with van der Waals surface area (Å²) < 4.78 is 11.2. The van der Waals surface area contributed by atoms with Crippen LogP contribution in [0.15, 0.2) is 65.4 Å². The lowest BCUT2D eigenvalue weighted by Gasteiger charge is -2.27. The van der Waals surface area contributed by atoms with Gasteiger partial charge in [0.25, 0.3) is 0 Å². The molecule has 1 saturated heterocycles. The SMILES string of the molecule is CCN(Cc1ccco1)[C@@H]1CCN(c2nccc(-c3ccccc3)c2C(=O)OC(C)C)C1. The first-order valence-electron chi connectivity index (χ1n) is 11.3. The lowest BCUT2D eigenvalue weighted by atomic mass is 10.0. The van der Waals surface area contributed by atoms with E-state index < -0.39 is 0 Å². The zero-order valence-electron chi connectivity index (χ0n) is 19.0. The number of carbonyl (C=O) groups excluding carboxylic acids is 1. The third-order valence-electron chi connectivity index (χ3n) is 5.89. The molecule has 0 amide bonds. The molecule has 0 unspecified atom stereocenters. The predicted molar refractivity (Wildman–Crippen MR) is 126 cm³/mol. The molecule has 1 aliphatic heterocycles. The molecule has 32 heavy (non-hydrogen) atoms. The molecule has 3 aromatic rings. The van der Waals surface area contributed by atoms with Gasteiger partial charge in [-0.05, 0) is 50.6 Å². The maximum atomic E-state index is 13.2. The van der Waals surface area contributed by atoms with Crippen LogP contribution in [-0.2, 0) is 11.3 Å². The monoisotopic (exact) mass is 433 g/mol.